The van der Waals surface area contributed by atoms with E-state index in [9.17, 15) is 0 Å². The average Bonchev–Trinajstić information content (AvgIpc) is 2.58. The van der Waals surface area contributed by atoms with Gasteiger partial charge in [0.05, 0.1) is 6.33 Å². The monoisotopic (exact) mass is 180 g/mol. The number of nitrogens with two attached hydrogens (primary N) is 1. The van der Waals surface area contributed by atoms with Crippen LogP contribution in [-0.4, -0.2) is 40.6 Å². The number of aromatic nitrogens is 2. The summed E-state index contributed by atoms with van der Waals surface area (Å²) in [5, 5.41) is 0. The third-order valence-corrected chi connectivity index (χ3v) is 2.78. The zero-order valence-electron chi connectivity index (χ0n) is 8.14. The van der Waals surface area contributed by atoms with Gasteiger partial charge in [-0.05, 0) is 7.05 Å². The minimum Gasteiger partial charge on any atom is -0.337 e. The Morgan fingerprint density at radius 2 is 2.23 bits per heavy atom. The van der Waals surface area contributed by atoms with Crippen molar-refractivity contribution < 1.29 is 0 Å². The molecule has 72 valence electrons. The molecule has 2 unspecified atom stereocenters. The van der Waals surface area contributed by atoms with Crippen molar-refractivity contribution in [3.05, 3.63) is 18.2 Å². The first-order chi connectivity index (χ1) is 6.18. The number of aryl methyl sites for hydroxylation is 1. The van der Waals surface area contributed by atoms with E-state index >= 15 is 0 Å². The molecule has 2 heterocycles. The lowest BCUT2D eigenvalue weighted by Gasteiger charge is -2.14. The number of rotatable bonds is 1. The van der Waals surface area contributed by atoms with Crippen molar-refractivity contribution in [2.24, 2.45) is 12.8 Å². The lowest BCUT2D eigenvalue weighted by Crippen LogP contribution is -2.28. The van der Waals surface area contributed by atoms with Crippen LogP contribution in [0.1, 0.15) is 11.6 Å². The Hall–Kier alpha value is -0.870. The van der Waals surface area contributed by atoms with Gasteiger partial charge in [0, 0.05) is 44.0 Å². The molecule has 4 nitrogen and oxygen atoms in total. The van der Waals surface area contributed by atoms with Crippen LogP contribution in [0.5, 0.6) is 0 Å². The van der Waals surface area contributed by atoms with Gasteiger partial charge in [0.15, 0.2) is 0 Å². The molecule has 0 radical (unpaired) electrons. The highest BCUT2D eigenvalue weighted by Crippen LogP contribution is 2.24. The number of nitrogens with zero attached hydrogens (tertiary/aromatic N) is 3. The summed E-state index contributed by atoms with van der Waals surface area (Å²) in [6.45, 7) is 2.02. The Balaban J connectivity index is 2.22. The molecule has 1 aliphatic rings. The maximum atomic E-state index is 6.05. The van der Waals surface area contributed by atoms with Crippen molar-refractivity contribution in [3.63, 3.8) is 0 Å². The van der Waals surface area contributed by atoms with Gasteiger partial charge < -0.3 is 15.2 Å². The second-order valence-corrected chi connectivity index (χ2v) is 3.92. The van der Waals surface area contributed by atoms with Crippen LogP contribution in [0.3, 0.4) is 0 Å². The van der Waals surface area contributed by atoms with Crippen LogP contribution in [0.15, 0.2) is 12.5 Å². The number of likely N-dealkylation sites (N-methyl/N-ethyl adjacent to an activating group) is 1. The van der Waals surface area contributed by atoms with Crippen LogP contribution < -0.4 is 5.73 Å². The van der Waals surface area contributed by atoms with Crippen LogP contribution in [0.2, 0.25) is 0 Å². The fourth-order valence-corrected chi connectivity index (χ4v) is 2.07. The molecule has 1 aromatic rings. The first-order valence-corrected chi connectivity index (χ1v) is 4.59. The van der Waals surface area contributed by atoms with Crippen LogP contribution in [0.25, 0.3) is 0 Å². The Labute approximate surface area is 78.4 Å². The molecule has 4 heteroatoms. The highest BCUT2D eigenvalue weighted by molar-refractivity contribution is 5.13. The van der Waals surface area contributed by atoms with E-state index in [4.69, 9.17) is 5.73 Å². The summed E-state index contributed by atoms with van der Waals surface area (Å²) >= 11 is 0. The Morgan fingerprint density at radius 1 is 1.46 bits per heavy atom. The molecule has 0 spiro atoms. The Morgan fingerprint density at radius 3 is 2.69 bits per heavy atom. The highest BCUT2D eigenvalue weighted by Gasteiger charge is 2.30. The van der Waals surface area contributed by atoms with Gasteiger partial charge in [-0.2, -0.15) is 0 Å². The summed E-state index contributed by atoms with van der Waals surface area (Å²) in [6, 6.07) is 0.250. The SMILES string of the molecule is CN1CC(N)C(c2cncn2C)C1. The minimum atomic E-state index is 0.250. The second kappa shape index (κ2) is 3.12. The molecule has 1 saturated heterocycles. The van der Waals surface area contributed by atoms with E-state index < -0.39 is 0 Å². The molecular weight excluding hydrogens is 164 g/mol. The maximum absolute atomic E-state index is 6.05. The minimum absolute atomic E-state index is 0.250. The molecule has 0 aromatic carbocycles. The molecule has 2 rings (SSSR count). The first kappa shape index (κ1) is 8.72. The maximum Gasteiger partial charge on any atom is 0.0945 e. The second-order valence-electron chi connectivity index (χ2n) is 3.92. The molecule has 0 bridgehead atoms. The van der Waals surface area contributed by atoms with E-state index in [0.29, 0.717) is 5.92 Å². The summed E-state index contributed by atoms with van der Waals surface area (Å²) < 4.78 is 2.06. The van der Waals surface area contributed by atoms with E-state index in [1.807, 2.05) is 19.6 Å². The van der Waals surface area contributed by atoms with Crippen molar-refractivity contribution >= 4 is 0 Å². The van der Waals surface area contributed by atoms with E-state index in [-0.39, 0.29) is 6.04 Å². The summed E-state index contributed by atoms with van der Waals surface area (Å²) in [4.78, 5) is 6.38. The number of hydrogen-bond donors (Lipinski definition) is 1. The quantitative estimate of drug-likeness (QED) is 0.650. The van der Waals surface area contributed by atoms with Gasteiger partial charge in [0.2, 0.25) is 0 Å². The molecule has 1 aromatic heterocycles. The molecule has 0 amide bonds. The van der Waals surface area contributed by atoms with Crippen molar-refractivity contribution in [2.75, 3.05) is 20.1 Å². The van der Waals surface area contributed by atoms with Gasteiger partial charge in [-0.1, -0.05) is 0 Å². The first-order valence-electron chi connectivity index (χ1n) is 4.59. The Kier molecular flexibility index (Phi) is 2.09. The van der Waals surface area contributed by atoms with Gasteiger partial charge >= 0.3 is 0 Å². The predicted octanol–water partition coefficient (Wildman–Crippen LogP) is -0.224. The third-order valence-electron chi connectivity index (χ3n) is 2.78. The van der Waals surface area contributed by atoms with Gasteiger partial charge in [-0.15, -0.1) is 0 Å². The summed E-state index contributed by atoms with van der Waals surface area (Å²) in [7, 11) is 4.13. The third kappa shape index (κ3) is 1.47. The smallest absolute Gasteiger partial charge is 0.0945 e. The van der Waals surface area contributed by atoms with E-state index in [0.717, 1.165) is 13.1 Å². The number of likely N-dealkylation sites (tertiary alicyclic amines) is 1. The zero-order chi connectivity index (χ0) is 9.42. The zero-order valence-corrected chi connectivity index (χ0v) is 8.14. The molecular formula is C9H16N4. The molecule has 0 saturated carbocycles. The van der Waals surface area contributed by atoms with Gasteiger partial charge in [0.25, 0.3) is 0 Å². The molecule has 13 heavy (non-hydrogen) atoms. The highest BCUT2D eigenvalue weighted by atomic mass is 15.2. The Bertz CT molecular complexity index is 294. The van der Waals surface area contributed by atoms with Crippen molar-refractivity contribution in [1.29, 1.82) is 0 Å². The average molecular weight is 180 g/mol. The molecule has 1 fully saturated rings. The normalized spacial score (nSPS) is 29.8. The standard InChI is InChI=1S/C9H16N4/c1-12-4-7(8(10)5-12)9-3-11-6-13(9)2/h3,6-8H,4-5,10H2,1-2H3. The van der Waals surface area contributed by atoms with Crippen molar-refractivity contribution in [3.8, 4) is 0 Å². The molecule has 0 aliphatic carbocycles. The van der Waals surface area contributed by atoms with E-state index in [2.05, 4.69) is 21.5 Å². The molecule has 2 N–H and O–H groups in total. The van der Waals surface area contributed by atoms with Gasteiger partial charge in [-0.25, -0.2) is 4.98 Å². The van der Waals surface area contributed by atoms with Crippen LogP contribution >= 0.6 is 0 Å². The topological polar surface area (TPSA) is 47.1 Å². The summed E-state index contributed by atoms with van der Waals surface area (Å²) in [5.41, 5.74) is 7.29. The van der Waals surface area contributed by atoms with E-state index in [1.165, 1.54) is 5.69 Å². The predicted molar refractivity (Wildman–Crippen MR) is 51.4 cm³/mol. The number of imidazole rings is 1. The lowest BCUT2D eigenvalue weighted by molar-refractivity contribution is 0.406. The van der Waals surface area contributed by atoms with Gasteiger partial charge in [0.1, 0.15) is 0 Å². The fraction of sp³-hybridized carbons (Fsp3) is 0.667. The molecule has 2 atom stereocenters. The number of hydrogen-bond acceptors (Lipinski definition) is 3. The van der Waals surface area contributed by atoms with Crippen molar-refractivity contribution in [2.45, 2.75) is 12.0 Å². The fourth-order valence-electron chi connectivity index (χ4n) is 2.07. The summed E-state index contributed by atoms with van der Waals surface area (Å²) in [6.07, 6.45) is 3.75. The van der Waals surface area contributed by atoms with Crippen LogP contribution in [0, 0.1) is 0 Å². The van der Waals surface area contributed by atoms with E-state index in [1.54, 1.807) is 0 Å². The van der Waals surface area contributed by atoms with Crippen LogP contribution in [0.4, 0.5) is 0 Å². The largest absolute Gasteiger partial charge is 0.337 e. The lowest BCUT2D eigenvalue weighted by atomic mass is 10.0. The van der Waals surface area contributed by atoms with Gasteiger partial charge in [-0.3, -0.25) is 0 Å². The van der Waals surface area contributed by atoms with Crippen molar-refractivity contribution in [1.82, 2.24) is 14.5 Å². The van der Waals surface area contributed by atoms with Crippen LogP contribution in [-0.2, 0) is 7.05 Å². The summed E-state index contributed by atoms with van der Waals surface area (Å²) in [5.74, 6) is 0.442. The molecule has 1 aliphatic heterocycles.